The Morgan fingerprint density at radius 3 is 2.56 bits per heavy atom. The lowest BCUT2D eigenvalue weighted by atomic mass is 10.7. The predicted molar refractivity (Wildman–Crippen MR) is 35.9 cm³/mol. The van der Waals surface area contributed by atoms with Gasteiger partial charge in [-0.3, -0.25) is 5.10 Å². The van der Waals surface area contributed by atoms with Gasteiger partial charge < -0.3 is 5.11 Å². The van der Waals surface area contributed by atoms with E-state index in [-0.39, 0.29) is 6.61 Å². The van der Waals surface area contributed by atoms with E-state index in [0.717, 1.165) is 0 Å². The third kappa shape index (κ3) is 6.91. The number of nitrogens with zero attached hydrogens (tertiary/aromatic N) is 1. The lowest BCUT2D eigenvalue weighted by Crippen LogP contribution is -1.62. The van der Waals surface area contributed by atoms with Crippen LogP contribution in [0.3, 0.4) is 0 Å². The summed E-state index contributed by atoms with van der Waals surface area (Å²) in [6, 6.07) is 1.83. The quantitative estimate of drug-likeness (QED) is 0.540. The summed E-state index contributed by atoms with van der Waals surface area (Å²) in [4.78, 5) is 0. The van der Waals surface area contributed by atoms with Crippen molar-refractivity contribution in [2.45, 2.75) is 0 Å². The lowest BCUT2D eigenvalue weighted by Gasteiger charge is -1.60. The summed E-state index contributed by atoms with van der Waals surface area (Å²) in [5.74, 6) is 0. The Morgan fingerprint density at radius 1 is 1.78 bits per heavy atom. The molecule has 0 amide bonds. The molecule has 0 bridgehead atoms. The number of aliphatic hydroxyl groups is 1. The number of nitrogens with one attached hydrogen (secondary N) is 1. The van der Waals surface area contributed by atoms with E-state index in [1.165, 1.54) is 6.08 Å². The molecule has 1 aromatic heterocycles. The molecule has 2 N–H and O–H groups in total. The van der Waals surface area contributed by atoms with Crippen molar-refractivity contribution in [3.63, 3.8) is 0 Å². The molecule has 0 aliphatic rings. The summed E-state index contributed by atoms with van der Waals surface area (Å²) in [6.07, 6.45) is 4.89. The number of hydrogen-bond acceptors (Lipinski definition) is 2. The van der Waals surface area contributed by atoms with Gasteiger partial charge in [-0.2, -0.15) is 5.10 Å². The first kappa shape index (κ1) is 7.91. The molecule has 0 unspecified atom stereocenters. The molecular formula is C6H10N2O. The van der Waals surface area contributed by atoms with Crippen LogP contribution in [-0.2, 0) is 0 Å². The van der Waals surface area contributed by atoms with Gasteiger partial charge in [-0.15, -0.1) is 6.58 Å². The highest BCUT2D eigenvalue weighted by Gasteiger charge is 1.56. The van der Waals surface area contributed by atoms with Gasteiger partial charge in [0.25, 0.3) is 0 Å². The summed E-state index contributed by atoms with van der Waals surface area (Å²) >= 11 is 0. The zero-order valence-corrected chi connectivity index (χ0v) is 5.12. The second-order valence-electron chi connectivity index (χ2n) is 1.24. The van der Waals surface area contributed by atoms with Crippen LogP contribution < -0.4 is 0 Å². The number of aromatic amines is 1. The van der Waals surface area contributed by atoms with Crippen LogP contribution in [0.4, 0.5) is 0 Å². The molecule has 0 fully saturated rings. The van der Waals surface area contributed by atoms with Gasteiger partial charge in [0.15, 0.2) is 0 Å². The molecule has 3 nitrogen and oxygen atoms in total. The molecule has 0 spiro atoms. The molecule has 1 rings (SSSR count). The second kappa shape index (κ2) is 6.91. The Labute approximate surface area is 54.0 Å². The number of rotatable bonds is 1. The maximum absolute atomic E-state index is 7.76. The van der Waals surface area contributed by atoms with Crippen molar-refractivity contribution in [3.8, 4) is 0 Å². The summed E-state index contributed by atoms with van der Waals surface area (Å²) in [6.45, 7) is 3.31. The molecule has 9 heavy (non-hydrogen) atoms. The fourth-order valence-electron chi connectivity index (χ4n) is 0.215. The van der Waals surface area contributed by atoms with Gasteiger partial charge in [0.1, 0.15) is 0 Å². The molecule has 0 atom stereocenters. The minimum atomic E-state index is 0.0833. The van der Waals surface area contributed by atoms with Crippen LogP contribution >= 0.6 is 0 Å². The maximum Gasteiger partial charge on any atom is 0.0609 e. The van der Waals surface area contributed by atoms with Gasteiger partial charge in [0.05, 0.1) is 6.61 Å². The van der Waals surface area contributed by atoms with Crippen molar-refractivity contribution < 1.29 is 5.11 Å². The SMILES string of the molecule is C=CCO.c1cn[nH]c1. The molecule has 0 radical (unpaired) electrons. The average molecular weight is 126 g/mol. The molecule has 1 heterocycles. The Balaban J connectivity index is 0.000000148. The highest BCUT2D eigenvalue weighted by molar-refractivity contribution is 4.72. The van der Waals surface area contributed by atoms with Crippen LogP contribution in [0.1, 0.15) is 0 Å². The first-order chi connectivity index (χ1) is 4.41. The van der Waals surface area contributed by atoms with Crippen molar-refractivity contribution >= 4 is 0 Å². The van der Waals surface area contributed by atoms with Crippen LogP contribution in [0.2, 0.25) is 0 Å². The number of aromatic nitrogens is 2. The van der Waals surface area contributed by atoms with Gasteiger partial charge in [0.2, 0.25) is 0 Å². The summed E-state index contributed by atoms with van der Waals surface area (Å²) in [5.41, 5.74) is 0. The van der Waals surface area contributed by atoms with E-state index in [1.54, 1.807) is 12.4 Å². The molecule has 0 aliphatic carbocycles. The van der Waals surface area contributed by atoms with Crippen molar-refractivity contribution in [1.29, 1.82) is 0 Å². The average Bonchev–Trinajstić information content (AvgIpc) is 2.43. The third-order valence-electron chi connectivity index (χ3n) is 0.535. The van der Waals surface area contributed by atoms with Gasteiger partial charge in [-0.05, 0) is 6.07 Å². The zero-order chi connectivity index (χ0) is 6.95. The molecule has 0 saturated carbocycles. The molecule has 0 aromatic carbocycles. The van der Waals surface area contributed by atoms with Gasteiger partial charge >= 0.3 is 0 Å². The fraction of sp³-hybridized carbons (Fsp3) is 0.167. The molecule has 3 heteroatoms. The molecule has 0 saturated heterocycles. The van der Waals surface area contributed by atoms with Crippen LogP contribution in [0.25, 0.3) is 0 Å². The van der Waals surface area contributed by atoms with E-state index in [9.17, 15) is 0 Å². The van der Waals surface area contributed by atoms with Crippen LogP contribution in [0.5, 0.6) is 0 Å². The highest BCUT2D eigenvalue weighted by atomic mass is 16.2. The topological polar surface area (TPSA) is 48.9 Å². The first-order valence-corrected chi connectivity index (χ1v) is 2.57. The van der Waals surface area contributed by atoms with Crippen molar-refractivity contribution in [3.05, 3.63) is 31.1 Å². The minimum absolute atomic E-state index is 0.0833. The molecule has 0 aliphatic heterocycles. The largest absolute Gasteiger partial charge is 0.392 e. The van der Waals surface area contributed by atoms with Crippen LogP contribution in [-0.4, -0.2) is 21.9 Å². The molecule has 1 aromatic rings. The van der Waals surface area contributed by atoms with Crippen LogP contribution in [0, 0.1) is 0 Å². The Bertz CT molecular complexity index is 108. The molecular weight excluding hydrogens is 116 g/mol. The first-order valence-electron chi connectivity index (χ1n) is 2.57. The van der Waals surface area contributed by atoms with Crippen molar-refractivity contribution in [1.82, 2.24) is 10.2 Å². The normalized spacial score (nSPS) is 7.22. The van der Waals surface area contributed by atoms with Gasteiger partial charge in [-0.1, -0.05) is 6.08 Å². The minimum Gasteiger partial charge on any atom is -0.392 e. The Hall–Kier alpha value is -1.09. The van der Waals surface area contributed by atoms with Crippen molar-refractivity contribution in [2.24, 2.45) is 0 Å². The van der Waals surface area contributed by atoms with E-state index >= 15 is 0 Å². The van der Waals surface area contributed by atoms with Crippen LogP contribution in [0.15, 0.2) is 31.1 Å². The monoisotopic (exact) mass is 126 g/mol. The summed E-state index contributed by atoms with van der Waals surface area (Å²) in [7, 11) is 0. The Morgan fingerprint density at radius 2 is 2.44 bits per heavy atom. The van der Waals surface area contributed by atoms with E-state index in [0.29, 0.717) is 0 Å². The van der Waals surface area contributed by atoms with E-state index in [1.807, 2.05) is 6.07 Å². The smallest absolute Gasteiger partial charge is 0.0609 e. The van der Waals surface area contributed by atoms with Gasteiger partial charge in [0, 0.05) is 12.4 Å². The third-order valence-corrected chi connectivity index (χ3v) is 0.535. The molecule has 50 valence electrons. The van der Waals surface area contributed by atoms with E-state index in [2.05, 4.69) is 16.8 Å². The van der Waals surface area contributed by atoms with Gasteiger partial charge in [-0.25, -0.2) is 0 Å². The van der Waals surface area contributed by atoms with E-state index < -0.39 is 0 Å². The lowest BCUT2D eigenvalue weighted by molar-refractivity contribution is 0.343. The number of H-pyrrole nitrogens is 1. The van der Waals surface area contributed by atoms with E-state index in [4.69, 9.17) is 5.11 Å². The zero-order valence-electron chi connectivity index (χ0n) is 5.12. The predicted octanol–water partition coefficient (Wildman–Crippen LogP) is 0.574. The Kier molecular flexibility index (Phi) is 6.07. The fourth-order valence-corrected chi connectivity index (χ4v) is 0.215. The maximum atomic E-state index is 7.76. The number of aliphatic hydroxyl groups excluding tert-OH is 1. The second-order valence-corrected chi connectivity index (χ2v) is 1.24. The highest BCUT2D eigenvalue weighted by Crippen LogP contribution is 1.64. The standard InChI is InChI=1S/C3H4N2.C3H6O/c1-2-4-5-3-1;1-2-3-4/h1-3H,(H,4,5);2,4H,1,3H2. The summed E-state index contributed by atoms with van der Waals surface area (Å²) < 4.78 is 0. The number of hydrogen-bond donors (Lipinski definition) is 2. The summed E-state index contributed by atoms with van der Waals surface area (Å²) in [5, 5.41) is 14.0. The van der Waals surface area contributed by atoms with Crippen molar-refractivity contribution in [2.75, 3.05) is 6.61 Å².